The first kappa shape index (κ1) is 16.4. The van der Waals surface area contributed by atoms with Gasteiger partial charge in [0, 0.05) is 5.69 Å². The Kier molecular flexibility index (Phi) is 5.95. The van der Waals surface area contributed by atoms with Crippen molar-refractivity contribution in [3.05, 3.63) is 23.4 Å². The summed E-state index contributed by atoms with van der Waals surface area (Å²) in [4.78, 5) is 15.6. The van der Waals surface area contributed by atoms with E-state index in [1.165, 1.54) is 6.07 Å². The molecule has 1 heterocycles. The number of aromatic carboxylic acids is 1. The van der Waals surface area contributed by atoms with Gasteiger partial charge in [0.2, 0.25) is 0 Å². The monoisotopic (exact) mass is 280 g/mol. The first-order chi connectivity index (χ1) is 9.50. The number of hydrogen-bond donors (Lipinski definition) is 3. The molecule has 1 aromatic rings. The average molecular weight is 280 g/mol. The zero-order valence-corrected chi connectivity index (χ0v) is 12.4. The van der Waals surface area contributed by atoms with E-state index in [2.05, 4.69) is 10.3 Å². The molecule has 3 N–H and O–H groups in total. The van der Waals surface area contributed by atoms with E-state index >= 15 is 0 Å². The maximum absolute atomic E-state index is 11.2. The minimum absolute atomic E-state index is 0.0118. The van der Waals surface area contributed by atoms with Crippen molar-refractivity contribution in [1.82, 2.24) is 4.98 Å². The Labute approximate surface area is 120 Å². The van der Waals surface area contributed by atoms with Crippen LogP contribution < -0.4 is 5.32 Å². The summed E-state index contributed by atoms with van der Waals surface area (Å²) in [6, 6.07) is 3.13. The summed E-state index contributed by atoms with van der Waals surface area (Å²) in [6.45, 7) is 5.99. The molecule has 0 aliphatic heterocycles. The largest absolute Gasteiger partial charge is 0.478 e. The van der Waals surface area contributed by atoms with E-state index < -0.39 is 11.5 Å². The Morgan fingerprint density at radius 3 is 2.40 bits per heavy atom. The predicted octanol–water partition coefficient (Wildman–Crippen LogP) is 2.70. The number of carboxylic acid groups (broad SMARTS) is 1. The van der Waals surface area contributed by atoms with Crippen molar-refractivity contribution in [2.75, 3.05) is 11.9 Å². The average Bonchev–Trinajstić information content (AvgIpc) is 2.45. The van der Waals surface area contributed by atoms with Crippen LogP contribution in [0.1, 0.15) is 56.1 Å². The van der Waals surface area contributed by atoms with Gasteiger partial charge in [0.05, 0.1) is 17.7 Å². The Bertz CT molecular complexity index is 448. The highest BCUT2D eigenvalue weighted by atomic mass is 16.4. The Balaban J connectivity index is 3.12. The molecular weight excluding hydrogens is 256 g/mol. The number of aromatic nitrogens is 1. The van der Waals surface area contributed by atoms with Crippen LogP contribution in [0.3, 0.4) is 0 Å². The Hall–Kier alpha value is -1.62. The van der Waals surface area contributed by atoms with Gasteiger partial charge in [-0.3, -0.25) is 0 Å². The molecular formula is C15H24N2O3. The van der Waals surface area contributed by atoms with Crippen molar-refractivity contribution in [1.29, 1.82) is 0 Å². The predicted molar refractivity (Wildman–Crippen MR) is 79.2 cm³/mol. The van der Waals surface area contributed by atoms with Crippen LogP contribution in [0.2, 0.25) is 0 Å². The van der Waals surface area contributed by atoms with E-state index in [-0.39, 0.29) is 12.2 Å². The fourth-order valence-corrected chi connectivity index (χ4v) is 2.12. The maximum Gasteiger partial charge on any atom is 0.335 e. The van der Waals surface area contributed by atoms with Gasteiger partial charge in [-0.15, -0.1) is 0 Å². The first-order valence-electron chi connectivity index (χ1n) is 7.13. The molecule has 0 spiro atoms. The number of carbonyl (C=O) groups is 1. The van der Waals surface area contributed by atoms with Crippen LogP contribution in [0.25, 0.3) is 0 Å². The summed E-state index contributed by atoms with van der Waals surface area (Å²) < 4.78 is 0. The molecule has 112 valence electrons. The molecule has 0 aliphatic carbocycles. The van der Waals surface area contributed by atoms with Crippen molar-refractivity contribution in [2.24, 2.45) is 0 Å². The quantitative estimate of drug-likeness (QED) is 0.682. The molecule has 0 bridgehead atoms. The zero-order chi connectivity index (χ0) is 15.2. The Morgan fingerprint density at radius 2 is 1.95 bits per heavy atom. The number of rotatable bonds is 8. The molecule has 0 unspecified atom stereocenters. The van der Waals surface area contributed by atoms with Crippen molar-refractivity contribution < 1.29 is 15.0 Å². The SMILES string of the molecule is CCCc1cc(C(=O)O)cc(NC(CC)(CC)CO)n1. The molecule has 0 saturated carbocycles. The number of hydrogen-bond acceptors (Lipinski definition) is 4. The number of nitrogens with one attached hydrogen (secondary N) is 1. The number of aryl methyl sites for hydroxylation is 1. The van der Waals surface area contributed by atoms with Crippen LogP contribution in [0, 0.1) is 0 Å². The van der Waals surface area contributed by atoms with E-state index in [1.807, 2.05) is 20.8 Å². The molecule has 0 aromatic carbocycles. The molecule has 5 heteroatoms. The highest BCUT2D eigenvalue weighted by Gasteiger charge is 2.25. The third kappa shape index (κ3) is 3.93. The first-order valence-corrected chi connectivity index (χ1v) is 7.13. The summed E-state index contributed by atoms with van der Waals surface area (Å²) in [5.41, 5.74) is 0.534. The van der Waals surface area contributed by atoms with Crippen LogP contribution >= 0.6 is 0 Å². The number of carboxylic acids is 1. The van der Waals surface area contributed by atoms with Gasteiger partial charge in [-0.25, -0.2) is 9.78 Å². The second-order valence-electron chi connectivity index (χ2n) is 5.06. The number of pyridine rings is 1. The van der Waals surface area contributed by atoms with Gasteiger partial charge in [0.15, 0.2) is 0 Å². The molecule has 5 nitrogen and oxygen atoms in total. The zero-order valence-electron chi connectivity index (χ0n) is 12.4. The lowest BCUT2D eigenvalue weighted by atomic mass is 9.94. The van der Waals surface area contributed by atoms with Gasteiger partial charge >= 0.3 is 5.97 Å². The highest BCUT2D eigenvalue weighted by molar-refractivity contribution is 5.88. The third-order valence-electron chi connectivity index (χ3n) is 3.68. The van der Waals surface area contributed by atoms with Crippen molar-refractivity contribution >= 4 is 11.8 Å². The maximum atomic E-state index is 11.2. The minimum Gasteiger partial charge on any atom is -0.478 e. The number of aliphatic hydroxyl groups excluding tert-OH is 1. The second kappa shape index (κ2) is 7.24. The normalized spacial score (nSPS) is 11.4. The van der Waals surface area contributed by atoms with Crippen molar-refractivity contribution in [3.63, 3.8) is 0 Å². The Morgan fingerprint density at radius 1 is 1.30 bits per heavy atom. The summed E-state index contributed by atoms with van der Waals surface area (Å²) in [5.74, 6) is -0.443. The fourth-order valence-electron chi connectivity index (χ4n) is 2.12. The van der Waals surface area contributed by atoms with E-state index in [1.54, 1.807) is 6.07 Å². The van der Waals surface area contributed by atoms with Crippen LogP contribution in [0.15, 0.2) is 12.1 Å². The van der Waals surface area contributed by atoms with E-state index in [4.69, 9.17) is 5.11 Å². The highest BCUT2D eigenvalue weighted by Crippen LogP contribution is 2.22. The third-order valence-corrected chi connectivity index (χ3v) is 3.68. The summed E-state index contributed by atoms with van der Waals surface area (Å²) in [6.07, 6.45) is 3.12. The molecule has 1 rings (SSSR count). The lowest BCUT2D eigenvalue weighted by Crippen LogP contribution is -2.41. The van der Waals surface area contributed by atoms with E-state index in [9.17, 15) is 9.90 Å². The van der Waals surface area contributed by atoms with Gasteiger partial charge in [-0.1, -0.05) is 27.2 Å². The fraction of sp³-hybridized carbons (Fsp3) is 0.600. The van der Waals surface area contributed by atoms with Crippen LogP contribution in [0.5, 0.6) is 0 Å². The summed E-state index contributed by atoms with van der Waals surface area (Å²) >= 11 is 0. The van der Waals surface area contributed by atoms with E-state index in [0.717, 1.165) is 31.4 Å². The van der Waals surface area contributed by atoms with Crippen molar-refractivity contribution in [2.45, 2.75) is 52.0 Å². The molecule has 0 fully saturated rings. The van der Waals surface area contributed by atoms with Gasteiger partial charge in [-0.2, -0.15) is 0 Å². The molecule has 0 saturated heterocycles. The second-order valence-corrected chi connectivity index (χ2v) is 5.06. The topological polar surface area (TPSA) is 82.5 Å². The van der Waals surface area contributed by atoms with E-state index in [0.29, 0.717) is 5.82 Å². The minimum atomic E-state index is -0.963. The molecule has 0 amide bonds. The molecule has 1 aromatic heterocycles. The number of nitrogens with zero attached hydrogens (tertiary/aromatic N) is 1. The summed E-state index contributed by atoms with van der Waals surface area (Å²) in [7, 11) is 0. The standard InChI is InChI=1S/C15H24N2O3/c1-4-7-12-8-11(14(19)20)9-13(16-12)17-15(5-2,6-3)10-18/h8-9,18H,4-7,10H2,1-3H3,(H,16,17)(H,19,20). The number of anilines is 1. The molecule has 0 aliphatic rings. The van der Waals surface area contributed by atoms with Gasteiger partial charge < -0.3 is 15.5 Å². The molecule has 0 atom stereocenters. The van der Waals surface area contributed by atoms with Gasteiger partial charge in [-0.05, 0) is 31.4 Å². The lowest BCUT2D eigenvalue weighted by molar-refractivity contribution is 0.0696. The van der Waals surface area contributed by atoms with Crippen LogP contribution in [-0.4, -0.2) is 33.3 Å². The molecule has 20 heavy (non-hydrogen) atoms. The molecule has 0 radical (unpaired) electrons. The van der Waals surface area contributed by atoms with Crippen LogP contribution in [0.4, 0.5) is 5.82 Å². The lowest BCUT2D eigenvalue weighted by Gasteiger charge is -2.31. The van der Waals surface area contributed by atoms with Crippen molar-refractivity contribution in [3.8, 4) is 0 Å². The smallest absolute Gasteiger partial charge is 0.335 e. The summed E-state index contributed by atoms with van der Waals surface area (Å²) in [5, 5.41) is 22.0. The number of aliphatic hydroxyl groups is 1. The van der Waals surface area contributed by atoms with Gasteiger partial charge in [0.1, 0.15) is 5.82 Å². The van der Waals surface area contributed by atoms with Gasteiger partial charge in [0.25, 0.3) is 0 Å². The van der Waals surface area contributed by atoms with Crippen LogP contribution in [-0.2, 0) is 6.42 Å².